The third-order valence-electron chi connectivity index (χ3n) is 4.45. The van der Waals surface area contributed by atoms with Crippen LogP contribution in [0.15, 0.2) is 48.5 Å². The van der Waals surface area contributed by atoms with Crippen LogP contribution in [0.3, 0.4) is 0 Å². The summed E-state index contributed by atoms with van der Waals surface area (Å²) in [6.07, 6.45) is -1.10. The number of non-ortho nitro benzene ring substituents is 1. The first kappa shape index (κ1) is 17.2. The van der Waals surface area contributed by atoms with Crippen LogP contribution in [-0.2, 0) is 5.54 Å². The van der Waals surface area contributed by atoms with Crippen LogP contribution in [0, 0.1) is 10.1 Å². The zero-order valence-corrected chi connectivity index (χ0v) is 13.1. The van der Waals surface area contributed by atoms with Gasteiger partial charge in [0.1, 0.15) is 24.0 Å². The van der Waals surface area contributed by atoms with E-state index in [0.717, 1.165) is 6.07 Å². The SMILES string of the molecule is NC1(C(F)(F)CO)CC(c2ccccc2)Oc2ccc([N+](=O)[O-])cc21. The van der Waals surface area contributed by atoms with E-state index < -0.39 is 29.1 Å². The molecule has 1 aliphatic heterocycles. The largest absolute Gasteiger partial charge is 0.485 e. The number of nitro groups is 1. The number of hydrogen-bond donors (Lipinski definition) is 2. The molecule has 1 heterocycles. The standard InChI is InChI=1S/C17H16F2N2O4/c18-17(19,10-22)16(20)9-15(11-4-2-1-3-5-11)25-14-7-6-12(21(23)24)8-13(14)16/h1-8,15,22H,9-10,20H2. The van der Waals surface area contributed by atoms with E-state index in [1.165, 1.54) is 12.1 Å². The minimum Gasteiger partial charge on any atom is -0.485 e. The van der Waals surface area contributed by atoms with Crippen LogP contribution in [0.4, 0.5) is 14.5 Å². The number of aliphatic hydroxyl groups excluding tert-OH is 1. The van der Waals surface area contributed by atoms with Crippen molar-refractivity contribution in [2.75, 3.05) is 6.61 Å². The van der Waals surface area contributed by atoms with E-state index in [4.69, 9.17) is 15.6 Å². The highest BCUT2D eigenvalue weighted by Crippen LogP contribution is 2.50. The van der Waals surface area contributed by atoms with Crippen molar-refractivity contribution in [1.29, 1.82) is 0 Å². The van der Waals surface area contributed by atoms with E-state index in [2.05, 4.69) is 0 Å². The lowest BCUT2D eigenvalue weighted by Gasteiger charge is -2.43. The fourth-order valence-electron chi connectivity index (χ4n) is 3.02. The summed E-state index contributed by atoms with van der Waals surface area (Å²) in [5.41, 5.74) is 3.83. The molecule has 2 unspecified atom stereocenters. The van der Waals surface area contributed by atoms with Crippen LogP contribution in [0.1, 0.15) is 23.7 Å². The second-order valence-electron chi connectivity index (χ2n) is 5.99. The predicted octanol–water partition coefficient (Wildman–Crippen LogP) is 2.90. The number of hydrogen-bond acceptors (Lipinski definition) is 5. The van der Waals surface area contributed by atoms with Crippen molar-refractivity contribution in [3.63, 3.8) is 0 Å². The Morgan fingerprint density at radius 1 is 1.32 bits per heavy atom. The molecule has 3 rings (SSSR count). The number of nitrogens with two attached hydrogens (primary N) is 1. The van der Waals surface area contributed by atoms with E-state index in [1.807, 2.05) is 0 Å². The predicted molar refractivity (Wildman–Crippen MR) is 85.4 cm³/mol. The lowest BCUT2D eigenvalue weighted by atomic mass is 9.76. The Hall–Kier alpha value is -2.58. The minimum atomic E-state index is -3.69. The van der Waals surface area contributed by atoms with Gasteiger partial charge in [-0.05, 0) is 11.6 Å². The number of halogens is 2. The second-order valence-corrected chi connectivity index (χ2v) is 5.99. The molecule has 2 atom stereocenters. The van der Waals surface area contributed by atoms with Gasteiger partial charge in [0, 0.05) is 24.1 Å². The Morgan fingerprint density at radius 2 is 2.00 bits per heavy atom. The molecular weight excluding hydrogens is 334 g/mol. The van der Waals surface area contributed by atoms with E-state index in [0.29, 0.717) is 5.56 Å². The van der Waals surface area contributed by atoms with Crippen LogP contribution in [0.25, 0.3) is 0 Å². The van der Waals surface area contributed by atoms with Gasteiger partial charge in [0.05, 0.1) is 4.92 Å². The maximum Gasteiger partial charge on any atom is 0.292 e. The summed E-state index contributed by atoms with van der Waals surface area (Å²) in [6.45, 7) is -1.48. The molecule has 0 fully saturated rings. The second kappa shape index (κ2) is 6.05. The topological polar surface area (TPSA) is 98.6 Å². The molecule has 0 bridgehead atoms. The zero-order chi connectivity index (χ0) is 18.2. The molecule has 132 valence electrons. The Bertz CT molecular complexity index is 800. The Balaban J connectivity index is 2.15. The highest BCUT2D eigenvalue weighted by molar-refractivity contribution is 5.50. The summed E-state index contributed by atoms with van der Waals surface area (Å²) < 4.78 is 34.8. The minimum absolute atomic E-state index is 0.0429. The van der Waals surface area contributed by atoms with Crippen molar-refractivity contribution in [1.82, 2.24) is 0 Å². The van der Waals surface area contributed by atoms with E-state index in [1.54, 1.807) is 30.3 Å². The summed E-state index contributed by atoms with van der Waals surface area (Å²) >= 11 is 0. The molecule has 2 aromatic rings. The van der Waals surface area contributed by atoms with Gasteiger partial charge in [-0.3, -0.25) is 10.1 Å². The molecule has 8 heteroatoms. The molecule has 0 saturated heterocycles. The van der Waals surface area contributed by atoms with Crippen molar-refractivity contribution < 1.29 is 23.5 Å². The molecule has 3 N–H and O–H groups in total. The third-order valence-corrected chi connectivity index (χ3v) is 4.45. The zero-order valence-electron chi connectivity index (χ0n) is 13.1. The Kier molecular flexibility index (Phi) is 4.18. The van der Waals surface area contributed by atoms with E-state index in [-0.39, 0.29) is 23.4 Å². The van der Waals surface area contributed by atoms with Crippen molar-refractivity contribution in [2.24, 2.45) is 5.73 Å². The van der Waals surface area contributed by atoms with Gasteiger partial charge < -0.3 is 15.6 Å². The van der Waals surface area contributed by atoms with Crippen molar-refractivity contribution in [3.05, 3.63) is 69.8 Å². The Labute approximate surface area is 142 Å². The lowest BCUT2D eigenvalue weighted by molar-refractivity contribution is -0.385. The van der Waals surface area contributed by atoms with Crippen LogP contribution in [-0.4, -0.2) is 22.6 Å². The molecule has 0 radical (unpaired) electrons. The average molecular weight is 350 g/mol. The maximum atomic E-state index is 14.5. The Morgan fingerprint density at radius 3 is 2.60 bits per heavy atom. The quantitative estimate of drug-likeness (QED) is 0.652. The van der Waals surface area contributed by atoms with Crippen LogP contribution >= 0.6 is 0 Å². The number of aliphatic hydroxyl groups is 1. The molecule has 0 aliphatic carbocycles. The van der Waals surface area contributed by atoms with Gasteiger partial charge in [0.15, 0.2) is 0 Å². The number of nitro benzene ring substituents is 1. The van der Waals surface area contributed by atoms with Gasteiger partial charge >= 0.3 is 0 Å². The summed E-state index contributed by atoms with van der Waals surface area (Å²) in [6, 6.07) is 12.1. The lowest BCUT2D eigenvalue weighted by Crippen LogP contribution is -2.57. The molecule has 0 amide bonds. The van der Waals surface area contributed by atoms with Crippen molar-refractivity contribution in [2.45, 2.75) is 24.0 Å². The summed E-state index contributed by atoms with van der Waals surface area (Å²) in [5, 5.41) is 20.2. The number of fused-ring (bicyclic) bond motifs is 1. The third kappa shape index (κ3) is 2.83. The molecule has 6 nitrogen and oxygen atoms in total. The average Bonchev–Trinajstić information content (AvgIpc) is 2.61. The van der Waals surface area contributed by atoms with Gasteiger partial charge in [0.2, 0.25) is 0 Å². The van der Waals surface area contributed by atoms with E-state index >= 15 is 0 Å². The fourth-order valence-corrected chi connectivity index (χ4v) is 3.02. The molecule has 0 saturated carbocycles. The summed E-state index contributed by atoms with van der Waals surface area (Å²) in [5.74, 6) is -3.64. The first-order valence-electron chi connectivity index (χ1n) is 7.56. The van der Waals surface area contributed by atoms with Gasteiger partial charge in [-0.25, -0.2) is 8.78 Å². The monoisotopic (exact) mass is 350 g/mol. The number of ether oxygens (including phenoxy) is 1. The van der Waals surface area contributed by atoms with Gasteiger partial charge in [-0.2, -0.15) is 0 Å². The van der Waals surface area contributed by atoms with E-state index in [9.17, 15) is 18.9 Å². The molecule has 0 spiro atoms. The molecule has 2 aromatic carbocycles. The number of benzene rings is 2. The first-order chi connectivity index (χ1) is 11.8. The number of alkyl halides is 2. The summed E-state index contributed by atoms with van der Waals surface area (Å²) in [4.78, 5) is 10.3. The normalized spacial score (nSPS) is 22.8. The molecular formula is C17H16F2N2O4. The van der Waals surface area contributed by atoms with Crippen LogP contribution < -0.4 is 10.5 Å². The smallest absolute Gasteiger partial charge is 0.292 e. The highest BCUT2D eigenvalue weighted by Gasteiger charge is 2.56. The summed E-state index contributed by atoms with van der Waals surface area (Å²) in [7, 11) is 0. The maximum absolute atomic E-state index is 14.5. The van der Waals surface area contributed by atoms with Gasteiger partial charge in [0.25, 0.3) is 11.6 Å². The molecule has 1 aliphatic rings. The van der Waals surface area contributed by atoms with Gasteiger partial charge in [-0.15, -0.1) is 0 Å². The van der Waals surface area contributed by atoms with Crippen LogP contribution in [0.5, 0.6) is 5.75 Å². The van der Waals surface area contributed by atoms with Crippen molar-refractivity contribution in [3.8, 4) is 5.75 Å². The molecule has 25 heavy (non-hydrogen) atoms. The highest BCUT2D eigenvalue weighted by atomic mass is 19.3. The fraction of sp³-hybridized carbons (Fsp3) is 0.294. The first-order valence-corrected chi connectivity index (χ1v) is 7.56. The number of rotatable bonds is 4. The van der Waals surface area contributed by atoms with Gasteiger partial charge in [-0.1, -0.05) is 30.3 Å². The number of nitrogens with zero attached hydrogens (tertiary/aromatic N) is 1. The van der Waals surface area contributed by atoms with Crippen molar-refractivity contribution >= 4 is 5.69 Å². The molecule has 0 aromatic heterocycles. The van der Waals surface area contributed by atoms with Crippen LogP contribution in [0.2, 0.25) is 0 Å².